The van der Waals surface area contributed by atoms with Crippen molar-refractivity contribution in [3.05, 3.63) is 30.6 Å². The molecular weight excluding hydrogens is 230 g/mol. The topological polar surface area (TPSA) is 87.4 Å². The lowest BCUT2D eigenvalue weighted by Gasteiger charge is -2.05. The molecule has 0 aliphatic heterocycles. The molecule has 0 aliphatic rings. The summed E-state index contributed by atoms with van der Waals surface area (Å²) in [6.45, 7) is 0.721. The number of hydrogen-bond donors (Lipinski definition) is 1. The van der Waals surface area contributed by atoms with Gasteiger partial charge in [0.2, 0.25) is 5.95 Å². The molecule has 0 amide bonds. The van der Waals surface area contributed by atoms with Crippen molar-refractivity contribution < 1.29 is 0 Å². The Labute approximate surface area is 103 Å². The lowest BCUT2D eigenvalue weighted by molar-refractivity contribution is 0.668. The van der Waals surface area contributed by atoms with E-state index in [1.54, 1.807) is 18.7 Å². The molecule has 0 aromatic carbocycles. The maximum absolute atomic E-state index is 5.91. The highest BCUT2D eigenvalue weighted by atomic mass is 15.2. The van der Waals surface area contributed by atoms with Crippen LogP contribution in [0.1, 0.15) is 5.82 Å². The molecule has 3 aromatic heterocycles. The Balaban J connectivity index is 1.91. The van der Waals surface area contributed by atoms with Crippen LogP contribution in [0.25, 0.3) is 11.0 Å². The zero-order valence-corrected chi connectivity index (χ0v) is 9.98. The molecule has 0 unspecified atom stereocenters. The van der Waals surface area contributed by atoms with E-state index in [1.165, 1.54) is 0 Å². The molecule has 0 fully saturated rings. The molecule has 7 nitrogen and oxygen atoms in total. The van der Waals surface area contributed by atoms with Gasteiger partial charge >= 0.3 is 0 Å². The standard InChI is InChI=1S/C11H13N7/c1-17-7-14-16-10(17)3-5-18-9-2-4-13-6-8(9)15-11(18)12/h2,4,6-7H,3,5H2,1H3,(H2,12,15). The van der Waals surface area contributed by atoms with Crippen LogP contribution in [0.5, 0.6) is 0 Å². The van der Waals surface area contributed by atoms with E-state index in [0.717, 1.165) is 29.8 Å². The number of nitrogens with zero attached hydrogens (tertiary/aromatic N) is 6. The summed E-state index contributed by atoms with van der Waals surface area (Å²) in [6.07, 6.45) is 5.90. The second-order valence-corrected chi connectivity index (χ2v) is 4.09. The van der Waals surface area contributed by atoms with Gasteiger partial charge in [0.05, 0.1) is 11.7 Å². The average molecular weight is 243 g/mol. The number of anilines is 1. The quantitative estimate of drug-likeness (QED) is 0.718. The summed E-state index contributed by atoms with van der Waals surface area (Å²) >= 11 is 0. The number of hydrogen-bond acceptors (Lipinski definition) is 5. The fraction of sp³-hybridized carbons (Fsp3) is 0.273. The highest BCUT2D eigenvalue weighted by Gasteiger charge is 2.09. The molecule has 0 aliphatic carbocycles. The molecule has 3 rings (SSSR count). The minimum atomic E-state index is 0.500. The van der Waals surface area contributed by atoms with E-state index in [0.29, 0.717) is 5.95 Å². The zero-order valence-electron chi connectivity index (χ0n) is 9.98. The third-order valence-electron chi connectivity index (χ3n) is 2.94. The van der Waals surface area contributed by atoms with Crippen LogP contribution < -0.4 is 5.73 Å². The molecule has 7 heteroatoms. The van der Waals surface area contributed by atoms with Gasteiger partial charge in [-0.15, -0.1) is 10.2 Å². The first-order chi connectivity index (χ1) is 8.75. The first kappa shape index (κ1) is 10.7. The fourth-order valence-corrected chi connectivity index (χ4v) is 1.98. The first-order valence-electron chi connectivity index (χ1n) is 5.64. The third-order valence-corrected chi connectivity index (χ3v) is 2.94. The monoisotopic (exact) mass is 243 g/mol. The van der Waals surface area contributed by atoms with Gasteiger partial charge in [0.1, 0.15) is 17.7 Å². The molecule has 0 saturated carbocycles. The number of fused-ring (bicyclic) bond motifs is 1. The van der Waals surface area contributed by atoms with Crippen LogP contribution in [0.4, 0.5) is 5.95 Å². The van der Waals surface area contributed by atoms with Crippen LogP contribution in [-0.2, 0) is 20.0 Å². The predicted octanol–water partition coefficient (Wildman–Crippen LogP) is 0.385. The molecule has 0 atom stereocenters. The summed E-state index contributed by atoms with van der Waals surface area (Å²) in [5.41, 5.74) is 7.72. The predicted molar refractivity (Wildman–Crippen MR) is 66.6 cm³/mol. The smallest absolute Gasteiger partial charge is 0.201 e. The van der Waals surface area contributed by atoms with Crippen molar-refractivity contribution in [1.82, 2.24) is 29.3 Å². The van der Waals surface area contributed by atoms with Crippen molar-refractivity contribution in [3.63, 3.8) is 0 Å². The molecule has 0 saturated heterocycles. The van der Waals surface area contributed by atoms with Crippen molar-refractivity contribution in [1.29, 1.82) is 0 Å². The summed E-state index contributed by atoms with van der Waals surface area (Å²) in [7, 11) is 1.93. The number of imidazole rings is 1. The molecule has 18 heavy (non-hydrogen) atoms. The molecule has 0 spiro atoms. The number of rotatable bonds is 3. The van der Waals surface area contributed by atoms with Gasteiger partial charge in [-0.3, -0.25) is 4.98 Å². The Bertz CT molecular complexity index is 682. The van der Waals surface area contributed by atoms with Crippen LogP contribution in [0.15, 0.2) is 24.8 Å². The summed E-state index contributed by atoms with van der Waals surface area (Å²) in [5, 5.41) is 7.90. The van der Waals surface area contributed by atoms with E-state index in [4.69, 9.17) is 5.73 Å². The Morgan fingerprint density at radius 2 is 2.28 bits per heavy atom. The van der Waals surface area contributed by atoms with E-state index >= 15 is 0 Å². The van der Waals surface area contributed by atoms with Gasteiger partial charge in [0.25, 0.3) is 0 Å². The van der Waals surface area contributed by atoms with Gasteiger partial charge in [-0.1, -0.05) is 0 Å². The van der Waals surface area contributed by atoms with Crippen molar-refractivity contribution >= 4 is 17.0 Å². The summed E-state index contributed by atoms with van der Waals surface area (Å²) in [5.74, 6) is 1.42. The molecular formula is C11H13N7. The number of aryl methyl sites for hydroxylation is 3. The van der Waals surface area contributed by atoms with E-state index < -0.39 is 0 Å². The Kier molecular flexibility index (Phi) is 2.44. The lowest BCUT2D eigenvalue weighted by atomic mass is 10.3. The maximum Gasteiger partial charge on any atom is 0.201 e. The molecule has 92 valence electrons. The number of pyridine rings is 1. The molecule has 2 N–H and O–H groups in total. The van der Waals surface area contributed by atoms with Crippen LogP contribution >= 0.6 is 0 Å². The highest BCUT2D eigenvalue weighted by Crippen LogP contribution is 2.16. The molecule has 0 bridgehead atoms. The van der Waals surface area contributed by atoms with E-state index in [-0.39, 0.29) is 0 Å². The van der Waals surface area contributed by atoms with E-state index in [9.17, 15) is 0 Å². The second-order valence-electron chi connectivity index (χ2n) is 4.09. The Morgan fingerprint density at radius 3 is 3.06 bits per heavy atom. The van der Waals surface area contributed by atoms with Gasteiger partial charge in [-0.25, -0.2) is 4.98 Å². The summed E-state index contributed by atoms with van der Waals surface area (Å²) < 4.78 is 3.86. The van der Waals surface area contributed by atoms with Crippen LogP contribution in [-0.4, -0.2) is 29.3 Å². The first-order valence-corrected chi connectivity index (χ1v) is 5.64. The minimum absolute atomic E-state index is 0.500. The van der Waals surface area contributed by atoms with Gasteiger partial charge in [0, 0.05) is 26.2 Å². The van der Waals surface area contributed by atoms with Crippen LogP contribution in [0, 0.1) is 0 Å². The van der Waals surface area contributed by atoms with Gasteiger partial charge in [-0.2, -0.15) is 0 Å². The van der Waals surface area contributed by atoms with Crippen LogP contribution in [0.3, 0.4) is 0 Å². The number of nitrogens with two attached hydrogens (primary N) is 1. The second kappa shape index (κ2) is 4.10. The highest BCUT2D eigenvalue weighted by molar-refractivity contribution is 5.76. The van der Waals surface area contributed by atoms with E-state index in [2.05, 4.69) is 20.2 Å². The molecule has 3 heterocycles. The van der Waals surface area contributed by atoms with Crippen molar-refractivity contribution in [2.24, 2.45) is 7.05 Å². The lowest BCUT2D eigenvalue weighted by Crippen LogP contribution is -2.08. The SMILES string of the molecule is Cn1cnnc1CCn1c(N)nc2cnccc21. The average Bonchev–Trinajstić information content (AvgIpc) is 2.90. The van der Waals surface area contributed by atoms with Crippen molar-refractivity contribution in [2.45, 2.75) is 13.0 Å². The molecule has 0 radical (unpaired) electrons. The zero-order chi connectivity index (χ0) is 12.5. The van der Waals surface area contributed by atoms with E-state index in [1.807, 2.05) is 22.2 Å². The normalized spacial score (nSPS) is 11.2. The third kappa shape index (κ3) is 1.69. The fourth-order valence-electron chi connectivity index (χ4n) is 1.98. The van der Waals surface area contributed by atoms with Crippen molar-refractivity contribution in [2.75, 3.05) is 5.73 Å². The van der Waals surface area contributed by atoms with Crippen LogP contribution in [0.2, 0.25) is 0 Å². The Morgan fingerprint density at radius 1 is 1.39 bits per heavy atom. The molecule has 3 aromatic rings. The Hall–Kier alpha value is -2.44. The maximum atomic E-state index is 5.91. The van der Waals surface area contributed by atoms with Gasteiger partial charge in [-0.05, 0) is 6.07 Å². The number of aromatic nitrogens is 6. The minimum Gasteiger partial charge on any atom is -0.369 e. The summed E-state index contributed by atoms with van der Waals surface area (Å²) in [4.78, 5) is 8.30. The van der Waals surface area contributed by atoms with Gasteiger partial charge in [0.15, 0.2) is 0 Å². The largest absolute Gasteiger partial charge is 0.369 e. The number of nitrogen functional groups attached to an aromatic ring is 1. The summed E-state index contributed by atoms with van der Waals surface area (Å²) in [6, 6.07) is 1.91. The van der Waals surface area contributed by atoms with Crippen molar-refractivity contribution in [3.8, 4) is 0 Å². The van der Waals surface area contributed by atoms with Gasteiger partial charge < -0.3 is 14.9 Å².